The van der Waals surface area contributed by atoms with Gasteiger partial charge >= 0.3 is 0 Å². The van der Waals surface area contributed by atoms with Gasteiger partial charge in [0, 0.05) is 17.6 Å². The van der Waals surface area contributed by atoms with Crippen LogP contribution in [0, 0.1) is 10.1 Å². The van der Waals surface area contributed by atoms with Crippen LogP contribution in [0.1, 0.15) is 0 Å². The van der Waals surface area contributed by atoms with Crippen LogP contribution in [0.5, 0.6) is 0 Å². The summed E-state index contributed by atoms with van der Waals surface area (Å²) >= 11 is 0.734. The fourth-order valence-electron chi connectivity index (χ4n) is 1.30. The highest BCUT2D eigenvalue weighted by Gasteiger charge is 2.22. The maximum atomic E-state index is 12.0. The maximum Gasteiger partial charge on any atom is 0.295 e. The van der Waals surface area contributed by atoms with Crippen LogP contribution in [0.15, 0.2) is 23.1 Å². The van der Waals surface area contributed by atoms with Crippen LogP contribution in [0.3, 0.4) is 0 Å². The standard InChI is InChI=1S/C7H7N7O4S2/c8-9-5-2-1-4(3-6(5)14(15)16)20(17,18)11-7-10-12-13-19-7/h1-3,9H,8H2,(H,10,11,13). The van der Waals surface area contributed by atoms with E-state index in [0.29, 0.717) is 0 Å². The molecular formula is C7H7N7O4S2. The number of hydrazine groups is 1. The van der Waals surface area contributed by atoms with Crippen molar-refractivity contribution >= 4 is 38.1 Å². The van der Waals surface area contributed by atoms with E-state index in [-0.39, 0.29) is 15.7 Å². The molecule has 106 valence electrons. The van der Waals surface area contributed by atoms with Gasteiger partial charge in [0.15, 0.2) is 0 Å². The molecule has 0 aliphatic heterocycles. The fraction of sp³-hybridized carbons (Fsp3) is 0. The smallest absolute Gasteiger partial charge is 0.295 e. The van der Waals surface area contributed by atoms with Crippen molar-refractivity contribution in [3.63, 3.8) is 0 Å². The van der Waals surface area contributed by atoms with Crippen molar-refractivity contribution in [3.05, 3.63) is 28.3 Å². The molecule has 13 heteroatoms. The zero-order chi connectivity index (χ0) is 14.8. The minimum atomic E-state index is -4.02. The van der Waals surface area contributed by atoms with Crippen LogP contribution in [0.2, 0.25) is 0 Å². The second kappa shape index (κ2) is 5.32. The van der Waals surface area contributed by atoms with Crippen LogP contribution < -0.4 is 16.0 Å². The molecule has 1 heterocycles. The molecule has 0 spiro atoms. The van der Waals surface area contributed by atoms with E-state index in [1.54, 1.807) is 0 Å². The minimum absolute atomic E-state index is 0.00784. The van der Waals surface area contributed by atoms with E-state index in [4.69, 9.17) is 5.84 Å². The van der Waals surface area contributed by atoms with Crippen molar-refractivity contribution in [2.75, 3.05) is 10.1 Å². The Bertz CT molecular complexity index is 730. The van der Waals surface area contributed by atoms with Crippen LogP contribution >= 0.6 is 11.5 Å². The maximum absolute atomic E-state index is 12.0. The van der Waals surface area contributed by atoms with Crippen molar-refractivity contribution in [1.82, 2.24) is 14.8 Å². The van der Waals surface area contributed by atoms with Crippen molar-refractivity contribution < 1.29 is 13.3 Å². The first kappa shape index (κ1) is 14.0. The van der Waals surface area contributed by atoms with Crippen molar-refractivity contribution in [3.8, 4) is 0 Å². The number of nitrogens with one attached hydrogen (secondary N) is 2. The number of anilines is 2. The molecule has 0 fully saturated rings. The lowest BCUT2D eigenvalue weighted by molar-refractivity contribution is -0.384. The molecule has 0 radical (unpaired) electrons. The molecule has 2 rings (SSSR count). The molecule has 0 bridgehead atoms. The van der Waals surface area contributed by atoms with Gasteiger partial charge in [-0.15, -0.1) is 0 Å². The lowest BCUT2D eigenvalue weighted by atomic mass is 10.3. The molecular weight excluding hydrogens is 310 g/mol. The van der Waals surface area contributed by atoms with Crippen molar-refractivity contribution in [2.24, 2.45) is 5.84 Å². The number of nitrogens with two attached hydrogens (primary N) is 1. The van der Waals surface area contributed by atoms with Crippen molar-refractivity contribution in [2.45, 2.75) is 4.90 Å². The Morgan fingerprint density at radius 1 is 1.40 bits per heavy atom. The lowest BCUT2D eigenvalue weighted by Gasteiger charge is -2.06. The summed E-state index contributed by atoms with van der Waals surface area (Å²) in [6.45, 7) is 0. The molecule has 11 nitrogen and oxygen atoms in total. The Hall–Kier alpha value is -2.38. The number of aromatic nitrogens is 3. The molecule has 4 N–H and O–H groups in total. The first-order valence-corrected chi connectivity index (χ1v) is 7.12. The predicted octanol–water partition coefficient (Wildman–Crippen LogP) is -0.0723. The molecule has 1 aromatic heterocycles. The number of nitrogen functional groups attached to an aromatic ring is 1. The third kappa shape index (κ3) is 2.79. The quantitative estimate of drug-likeness (QED) is 0.388. The highest BCUT2D eigenvalue weighted by molar-refractivity contribution is 7.93. The average Bonchev–Trinajstić information content (AvgIpc) is 2.89. The van der Waals surface area contributed by atoms with Gasteiger partial charge in [-0.3, -0.25) is 20.7 Å². The minimum Gasteiger partial charge on any atom is -0.318 e. The van der Waals surface area contributed by atoms with Crippen LogP contribution in [-0.4, -0.2) is 28.1 Å². The number of rotatable bonds is 5. The van der Waals surface area contributed by atoms with E-state index in [1.165, 1.54) is 12.1 Å². The van der Waals surface area contributed by atoms with E-state index < -0.39 is 20.6 Å². The predicted molar refractivity (Wildman–Crippen MR) is 69.4 cm³/mol. The number of hydrogen-bond donors (Lipinski definition) is 3. The summed E-state index contributed by atoms with van der Waals surface area (Å²) in [6.07, 6.45) is 0. The second-order valence-electron chi connectivity index (χ2n) is 3.35. The Morgan fingerprint density at radius 3 is 2.70 bits per heavy atom. The fourth-order valence-corrected chi connectivity index (χ4v) is 2.90. The van der Waals surface area contributed by atoms with Gasteiger partial charge in [-0.2, -0.15) is 0 Å². The van der Waals surface area contributed by atoms with Gasteiger partial charge in [0.05, 0.1) is 9.82 Å². The first-order valence-electron chi connectivity index (χ1n) is 4.87. The number of benzene rings is 1. The zero-order valence-electron chi connectivity index (χ0n) is 9.55. The number of nitro benzene ring substituents is 1. The third-order valence-corrected chi connectivity index (χ3v) is 4.13. The Kier molecular flexibility index (Phi) is 3.73. The van der Waals surface area contributed by atoms with Gasteiger partial charge in [-0.1, -0.05) is 9.59 Å². The zero-order valence-corrected chi connectivity index (χ0v) is 11.2. The summed E-state index contributed by atoms with van der Waals surface area (Å²) < 4.78 is 29.5. The second-order valence-corrected chi connectivity index (χ2v) is 5.77. The van der Waals surface area contributed by atoms with E-state index in [9.17, 15) is 18.5 Å². The highest BCUT2D eigenvalue weighted by Crippen LogP contribution is 2.27. The van der Waals surface area contributed by atoms with E-state index >= 15 is 0 Å². The molecule has 0 amide bonds. The normalized spacial score (nSPS) is 11.1. The summed E-state index contributed by atoms with van der Waals surface area (Å²) in [5, 5.41) is 17.4. The number of nitro groups is 1. The number of sulfonamides is 1. The molecule has 20 heavy (non-hydrogen) atoms. The van der Waals surface area contributed by atoms with Crippen LogP contribution in [-0.2, 0) is 10.0 Å². The molecule has 0 saturated carbocycles. The summed E-state index contributed by atoms with van der Waals surface area (Å²) in [4.78, 5) is 9.78. The summed E-state index contributed by atoms with van der Waals surface area (Å²) in [5.74, 6) is 5.11. The summed E-state index contributed by atoms with van der Waals surface area (Å²) in [6, 6.07) is 3.23. The van der Waals surface area contributed by atoms with E-state index in [1.807, 2.05) is 0 Å². The van der Waals surface area contributed by atoms with Gasteiger partial charge in [-0.05, 0) is 17.3 Å². The topological polar surface area (TPSA) is 166 Å². The Morgan fingerprint density at radius 2 is 2.15 bits per heavy atom. The third-order valence-electron chi connectivity index (χ3n) is 2.15. The molecule has 0 aliphatic carbocycles. The monoisotopic (exact) mass is 317 g/mol. The molecule has 1 aromatic carbocycles. The van der Waals surface area contributed by atoms with Crippen LogP contribution in [0.25, 0.3) is 0 Å². The molecule has 0 unspecified atom stereocenters. The van der Waals surface area contributed by atoms with Gasteiger partial charge in [0.2, 0.25) is 5.13 Å². The molecule has 0 atom stereocenters. The van der Waals surface area contributed by atoms with Crippen molar-refractivity contribution in [1.29, 1.82) is 0 Å². The average molecular weight is 317 g/mol. The van der Waals surface area contributed by atoms with E-state index in [2.05, 4.69) is 24.9 Å². The largest absolute Gasteiger partial charge is 0.318 e. The van der Waals surface area contributed by atoms with E-state index in [0.717, 1.165) is 17.6 Å². The van der Waals surface area contributed by atoms with Gasteiger partial charge in [0.25, 0.3) is 15.7 Å². The Labute approximate surface area is 116 Å². The SMILES string of the molecule is NNc1ccc(S(=O)(=O)Nc2nnns2)cc1[N+](=O)[O-]. The highest BCUT2D eigenvalue weighted by atomic mass is 32.2. The van der Waals surface area contributed by atoms with Crippen LogP contribution in [0.4, 0.5) is 16.5 Å². The summed E-state index contributed by atoms with van der Waals surface area (Å²) in [7, 11) is -4.02. The first-order chi connectivity index (χ1) is 9.44. The molecule has 0 aliphatic rings. The van der Waals surface area contributed by atoms with Gasteiger partial charge in [0.1, 0.15) is 5.69 Å². The van der Waals surface area contributed by atoms with Gasteiger partial charge < -0.3 is 5.43 Å². The molecule has 2 aromatic rings. The Balaban J connectivity index is 2.42. The molecule has 0 saturated heterocycles. The lowest BCUT2D eigenvalue weighted by Crippen LogP contribution is -2.14. The van der Waals surface area contributed by atoms with Gasteiger partial charge in [-0.25, -0.2) is 8.42 Å². The number of hydrogen-bond acceptors (Lipinski definition) is 10. The summed E-state index contributed by atoms with van der Waals surface area (Å²) in [5.41, 5.74) is 1.64. The number of nitrogens with zero attached hydrogens (tertiary/aromatic N) is 4.